The summed E-state index contributed by atoms with van der Waals surface area (Å²) >= 11 is 0. The summed E-state index contributed by atoms with van der Waals surface area (Å²) in [4.78, 5) is 10.2. The third kappa shape index (κ3) is 9.69. The van der Waals surface area contributed by atoms with E-state index >= 15 is 0 Å². The van der Waals surface area contributed by atoms with E-state index in [1.54, 1.807) is 30.3 Å². The summed E-state index contributed by atoms with van der Waals surface area (Å²) in [6.45, 7) is 0. The van der Waals surface area contributed by atoms with Gasteiger partial charge in [-0.1, -0.05) is 18.2 Å². The molecule has 0 bridgehead atoms. The van der Waals surface area contributed by atoms with Crippen molar-refractivity contribution in [3.63, 3.8) is 0 Å². The van der Waals surface area contributed by atoms with E-state index in [1.165, 1.54) is 0 Å². The lowest BCUT2D eigenvalue weighted by atomic mass is 10.2. The van der Waals surface area contributed by atoms with Crippen molar-refractivity contribution in [3.05, 3.63) is 35.9 Å². The molecule has 0 aromatic heterocycles. The molecule has 0 fully saturated rings. The molecule has 8 heteroatoms. The molecule has 0 atom stereocenters. The summed E-state index contributed by atoms with van der Waals surface area (Å²) in [7, 11) is 0. The van der Waals surface area contributed by atoms with Crippen LogP contribution in [0.15, 0.2) is 30.3 Å². The van der Waals surface area contributed by atoms with E-state index in [-0.39, 0.29) is 17.4 Å². The molecule has 0 aliphatic heterocycles. The maximum atomic E-state index is 10.2. The lowest BCUT2D eigenvalue weighted by Gasteiger charge is -1.95. The first-order valence-electron chi connectivity index (χ1n) is 4.17. The summed E-state index contributed by atoms with van der Waals surface area (Å²) in [6.07, 6.45) is 0. The van der Waals surface area contributed by atoms with Crippen molar-refractivity contribution < 1.29 is 15.4 Å². The van der Waals surface area contributed by atoms with Gasteiger partial charge in [0.25, 0.3) is 0 Å². The molecular formula is C9H15N5O3. The van der Waals surface area contributed by atoms with Gasteiger partial charge in [0, 0.05) is 0 Å². The van der Waals surface area contributed by atoms with Crippen LogP contribution in [0.3, 0.4) is 0 Å². The van der Waals surface area contributed by atoms with Gasteiger partial charge in [-0.2, -0.15) is 0 Å². The van der Waals surface area contributed by atoms with Crippen molar-refractivity contribution >= 4 is 17.9 Å². The molecule has 0 unspecified atom stereocenters. The first kappa shape index (κ1) is 16.8. The number of nitrogens with one attached hydrogen (secondary N) is 3. The van der Waals surface area contributed by atoms with Gasteiger partial charge < -0.3 is 22.1 Å². The molecule has 10 N–H and O–H groups in total. The number of aromatic carboxylic acids is 1. The van der Waals surface area contributed by atoms with E-state index in [0.717, 1.165) is 0 Å². The predicted octanol–water partition coefficient (Wildman–Crippen LogP) is -1.08. The van der Waals surface area contributed by atoms with Crippen molar-refractivity contribution in [3.8, 4) is 0 Å². The highest BCUT2D eigenvalue weighted by molar-refractivity contribution is 5.93. The van der Waals surface area contributed by atoms with Crippen LogP contribution in [0.4, 0.5) is 0 Å². The van der Waals surface area contributed by atoms with Crippen LogP contribution in [0.1, 0.15) is 10.4 Å². The fraction of sp³-hybridized carbons (Fsp3) is 0. The Balaban J connectivity index is 0. The zero-order chi connectivity index (χ0) is 12.6. The van der Waals surface area contributed by atoms with E-state index in [9.17, 15) is 4.79 Å². The van der Waals surface area contributed by atoms with Crippen LogP contribution in [-0.4, -0.2) is 28.5 Å². The Labute approximate surface area is 97.6 Å². The largest absolute Gasteiger partial charge is 0.478 e. The second-order valence-corrected chi connectivity index (χ2v) is 2.62. The van der Waals surface area contributed by atoms with Gasteiger partial charge in [0.2, 0.25) is 0 Å². The van der Waals surface area contributed by atoms with E-state index in [2.05, 4.69) is 0 Å². The van der Waals surface area contributed by atoms with Crippen molar-refractivity contribution in [2.24, 2.45) is 11.5 Å². The minimum absolute atomic E-state index is 0. The number of carboxylic acids is 1. The van der Waals surface area contributed by atoms with Crippen LogP contribution >= 0.6 is 0 Å². The highest BCUT2D eigenvalue weighted by Crippen LogP contribution is 1.96. The van der Waals surface area contributed by atoms with Gasteiger partial charge in [0.05, 0.1) is 5.56 Å². The molecule has 0 radical (unpaired) electrons. The molecule has 8 nitrogen and oxygen atoms in total. The fourth-order valence-corrected chi connectivity index (χ4v) is 0.726. The van der Waals surface area contributed by atoms with Crippen molar-refractivity contribution in [2.75, 3.05) is 0 Å². The van der Waals surface area contributed by atoms with Gasteiger partial charge in [-0.15, -0.1) is 0 Å². The average molecular weight is 241 g/mol. The highest BCUT2D eigenvalue weighted by atomic mass is 16.4. The maximum Gasteiger partial charge on any atom is 0.335 e. The summed E-state index contributed by atoms with van der Waals surface area (Å²) in [6, 6.07) is 8.30. The molecule has 0 spiro atoms. The molecule has 0 aliphatic carbocycles. The number of rotatable bonds is 1. The van der Waals surface area contributed by atoms with E-state index in [4.69, 9.17) is 27.4 Å². The van der Waals surface area contributed by atoms with E-state index in [1.807, 2.05) is 5.32 Å². The lowest BCUT2D eigenvalue weighted by Crippen LogP contribution is -2.39. The lowest BCUT2D eigenvalue weighted by molar-refractivity contribution is 0.0697. The summed E-state index contributed by atoms with van der Waals surface area (Å²) in [5.41, 5.74) is 9.82. The minimum atomic E-state index is -0.879. The molecule has 0 saturated carbocycles. The number of benzene rings is 1. The normalized spacial score (nSPS) is 7.76. The Hall–Kier alpha value is -2.61. The first-order valence-corrected chi connectivity index (χ1v) is 4.17. The van der Waals surface area contributed by atoms with Crippen LogP contribution in [0.5, 0.6) is 0 Å². The van der Waals surface area contributed by atoms with Crippen molar-refractivity contribution in [2.45, 2.75) is 0 Å². The number of guanidine groups is 2. The Kier molecular flexibility index (Phi) is 8.58. The number of carbonyl (C=O) groups is 1. The number of hydrogen-bond acceptors (Lipinski definition) is 3. The molecule has 1 aromatic rings. The molecule has 0 aliphatic rings. The topological polar surface area (TPSA) is 181 Å². The Bertz CT molecular complexity index is 367. The monoisotopic (exact) mass is 241 g/mol. The van der Waals surface area contributed by atoms with Crippen molar-refractivity contribution in [1.29, 1.82) is 10.8 Å². The molecule has 0 heterocycles. The molecular weight excluding hydrogens is 226 g/mol. The Morgan fingerprint density at radius 2 is 1.53 bits per heavy atom. The van der Waals surface area contributed by atoms with Gasteiger partial charge in [-0.3, -0.25) is 16.1 Å². The zero-order valence-corrected chi connectivity index (χ0v) is 8.90. The second kappa shape index (κ2) is 8.68. The summed E-state index contributed by atoms with van der Waals surface area (Å²) < 4.78 is 0. The number of carboxylic acid groups (broad SMARTS) is 1. The molecule has 17 heavy (non-hydrogen) atoms. The maximum absolute atomic E-state index is 10.2. The first-order chi connectivity index (χ1) is 7.43. The molecule has 1 aromatic carbocycles. The van der Waals surface area contributed by atoms with Crippen LogP contribution in [-0.2, 0) is 0 Å². The zero-order valence-electron chi connectivity index (χ0n) is 8.90. The smallest absolute Gasteiger partial charge is 0.335 e. The van der Waals surface area contributed by atoms with Crippen LogP contribution in [0.2, 0.25) is 0 Å². The van der Waals surface area contributed by atoms with Gasteiger partial charge in [-0.05, 0) is 12.1 Å². The quantitative estimate of drug-likeness (QED) is 0.269. The van der Waals surface area contributed by atoms with Gasteiger partial charge in [0.15, 0.2) is 11.9 Å². The summed E-state index contributed by atoms with van der Waals surface area (Å²) in [5.74, 6) is -1.50. The van der Waals surface area contributed by atoms with Crippen LogP contribution in [0, 0.1) is 10.8 Å². The predicted molar refractivity (Wildman–Crippen MR) is 64.0 cm³/mol. The van der Waals surface area contributed by atoms with Crippen molar-refractivity contribution in [1.82, 2.24) is 5.32 Å². The Morgan fingerprint density at radius 3 is 1.71 bits per heavy atom. The van der Waals surface area contributed by atoms with Gasteiger partial charge in [0.1, 0.15) is 0 Å². The SMILES string of the molecule is N=C(N)NC(=N)N.O.O=C(O)c1ccccc1. The number of nitrogens with two attached hydrogens (primary N) is 2. The Morgan fingerprint density at radius 1 is 1.12 bits per heavy atom. The van der Waals surface area contributed by atoms with E-state index < -0.39 is 5.97 Å². The number of hydrogen-bond donors (Lipinski definition) is 6. The average Bonchev–Trinajstić information content (AvgIpc) is 2.17. The van der Waals surface area contributed by atoms with Crippen LogP contribution in [0.25, 0.3) is 0 Å². The third-order valence-corrected chi connectivity index (χ3v) is 1.29. The molecule has 0 amide bonds. The molecule has 1 rings (SSSR count). The standard InChI is InChI=1S/C7H6O2.C2H7N5.H2O/c8-7(9)6-4-2-1-3-5-6;3-1(4)7-2(5)6;/h1-5H,(H,8,9);(H7,3,4,5,6,7);1H2. The molecule has 94 valence electrons. The highest BCUT2D eigenvalue weighted by Gasteiger charge is 1.96. The summed E-state index contributed by atoms with van der Waals surface area (Å²) in [5, 5.41) is 23.4. The fourth-order valence-electron chi connectivity index (χ4n) is 0.726. The third-order valence-electron chi connectivity index (χ3n) is 1.29. The van der Waals surface area contributed by atoms with Gasteiger partial charge in [-0.25, -0.2) is 4.79 Å². The second-order valence-electron chi connectivity index (χ2n) is 2.62. The van der Waals surface area contributed by atoms with E-state index in [0.29, 0.717) is 5.56 Å². The van der Waals surface area contributed by atoms with Crippen LogP contribution < -0.4 is 16.8 Å². The van der Waals surface area contributed by atoms with Gasteiger partial charge >= 0.3 is 5.97 Å². The molecule has 0 saturated heterocycles. The minimum Gasteiger partial charge on any atom is -0.478 e.